The van der Waals surface area contributed by atoms with Gasteiger partial charge in [-0.25, -0.2) is 9.18 Å². The van der Waals surface area contributed by atoms with E-state index < -0.39 is 5.97 Å². The Morgan fingerprint density at radius 2 is 1.90 bits per heavy atom. The summed E-state index contributed by atoms with van der Waals surface area (Å²) in [5, 5.41) is 3.12. The van der Waals surface area contributed by atoms with Crippen LogP contribution < -0.4 is 10.1 Å². The van der Waals surface area contributed by atoms with Crippen molar-refractivity contribution in [3.8, 4) is 5.75 Å². The fraction of sp³-hybridized carbons (Fsp3) is 0.143. The topological polar surface area (TPSA) is 55.4 Å². The van der Waals surface area contributed by atoms with Crippen LogP contribution in [-0.4, -0.2) is 11.9 Å². The van der Waals surface area contributed by atoms with E-state index in [0.29, 0.717) is 26.2 Å². The molecule has 0 saturated heterocycles. The highest BCUT2D eigenvalue weighted by molar-refractivity contribution is 9.11. The molecule has 0 spiro atoms. The lowest BCUT2D eigenvalue weighted by Crippen LogP contribution is -2.24. The highest BCUT2D eigenvalue weighted by Crippen LogP contribution is 2.34. The van der Waals surface area contributed by atoms with E-state index in [9.17, 15) is 14.0 Å². The van der Waals surface area contributed by atoms with Gasteiger partial charge in [0.2, 0.25) is 0 Å². The molecule has 0 radical (unpaired) electrons. The number of carbonyl (C=O) groups excluding carboxylic acids is 2. The average Bonchev–Trinajstić information content (AvgIpc) is 2.69. The molecule has 1 amide bonds. The molecule has 1 N–H and O–H groups in total. The van der Waals surface area contributed by atoms with Crippen molar-refractivity contribution in [1.82, 2.24) is 5.32 Å². The van der Waals surface area contributed by atoms with Crippen molar-refractivity contribution in [2.45, 2.75) is 19.4 Å². The Bertz CT molecular complexity index is 1040. The molecule has 8 heteroatoms. The van der Waals surface area contributed by atoms with Crippen molar-refractivity contribution in [2.75, 3.05) is 0 Å². The third kappa shape index (κ3) is 5.56. The normalized spacial score (nSPS) is 13.4. The van der Waals surface area contributed by atoms with Crippen LogP contribution in [0.25, 0.3) is 0 Å². The summed E-state index contributed by atoms with van der Waals surface area (Å²) in [5.41, 5.74) is 1.31. The fourth-order valence-electron chi connectivity index (χ4n) is 2.72. The van der Waals surface area contributed by atoms with Crippen LogP contribution in [0, 0.1) is 0 Å². The summed E-state index contributed by atoms with van der Waals surface area (Å²) >= 11 is 12.9. The molecule has 2 aromatic rings. The number of halogens is 4. The van der Waals surface area contributed by atoms with E-state index in [1.165, 1.54) is 12.2 Å². The maximum Gasteiger partial charge on any atom is 0.339 e. The fourth-order valence-corrected chi connectivity index (χ4v) is 4.33. The lowest BCUT2D eigenvalue weighted by atomic mass is 10.0. The van der Waals surface area contributed by atoms with Crippen LogP contribution in [0.15, 0.2) is 68.9 Å². The third-order valence-electron chi connectivity index (χ3n) is 4.20. The minimum absolute atomic E-state index is 0.109. The van der Waals surface area contributed by atoms with Crippen LogP contribution in [0.2, 0.25) is 5.02 Å². The van der Waals surface area contributed by atoms with Gasteiger partial charge >= 0.3 is 5.97 Å². The summed E-state index contributed by atoms with van der Waals surface area (Å²) < 4.78 is 20.0. The van der Waals surface area contributed by atoms with Gasteiger partial charge in [-0.1, -0.05) is 39.7 Å². The quantitative estimate of drug-likeness (QED) is 0.357. The minimum atomic E-state index is -0.560. The molecule has 0 heterocycles. The van der Waals surface area contributed by atoms with Crippen molar-refractivity contribution < 1.29 is 18.7 Å². The van der Waals surface area contributed by atoms with Gasteiger partial charge in [-0.2, -0.15) is 0 Å². The second-order valence-electron chi connectivity index (χ2n) is 6.23. The molecule has 0 fully saturated rings. The van der Waals surface area contributed by atoms with Gasteiger partial charge in [-0.05, 0) is 58.8 Å². The number of nitrogens with one attached hydrogen (secondary N) is 1. The first kappa shape index (κ1) is 21.7. The number of ether oxygens (including phenoxy) is 1. The zero-order valence-corrected chi connectivity index (χ0v) is 18.9. The van der Waals surface area contributed by atoms with Gasteiger partial charge in [0.05, 0.1) is 15.1 Å². The smallest absolute Gasteiger partial charge is 0.339 e. The molecule has 0 unspecified atom stereocenters. The summed E-state index contributed by atoms with van der Waals surface area (Å²) in [7, 11) is 0. The van der Waals surface area contributed by atoms with Gasteiger partial charge in [-0.3, -0.25) is 4.79 Å². The van der Waals surface area contributed by atoms with Gasteiger partial charge in [0.15, 0.2) is 0 Å². The van der Waals surface area contributed by atoms with Gasteiger partial charge in [-0.15, -0.1) is 0 Å². The van der Waals surface area contributed by atoms with E-state index in [4.69, 9.17) is 16.3 Å². The highest BCUT2D eigenvalue weighted by Gasteiger charge is 2.20. The number of hydrogen-bond acceptors (Lipinski definition) is 3. The van der Waals surface area contributed by atoms with Crippen LogP contribution in [0.3, 0.4) is 0 Å². The maximum absolute atomic E-state index is 13.2. The summed E-state index contributed by atoms with van der Waals surface area (Å²) in [6, 6.07) is 10.2. The monoisotopic (exact) mass is 541 g/mol. The molecule has 1 aliphatic rings. The first-order chi connectivity index (χ1) is 13.8. The minimum Gasteiger partial charge on any atom is -0.422 e. The Morgan fingerprint density at radius 1 is 1.14 bits per heavy atom. The van der Waals surface area contributed by atoms with Crippen molar-refractivity contribution >= 4 is 55.3 Å². The molecule has 2 aromatic carbocycles. The van der Waals surface area contributed by atoms with Crippen molar-refractivity contribution in [3.05, 3.63) is 85.0 Å². The number of allylic oxidation sites excluding steroid dienone is 3. The van der Waals surface area contributed by atoms with Gasteiger partial charge in [0, 0.05) is 28.6 Å². The number of benzene rings is 2. The number of rotatable bonds is 5. The van der Waals surface area contributed by atoms with Crippen LogP contribution >= 0.6 is 43.5 Å². The standard InChI is InChI=1S/C21H15Br2ClFNO3/c22-14-9-13(11-26-20(27)16-3-1-2-4-18(16)24)19(17(23)10-14)29-21(28)12-5-7-15(25)8-6-12/h1-5,7,9-10H,6,8,11H2,(H,26,27). The molecule has 0 aromatic heterocycles. The second kappa shape index (κ2) is 9.69. The molecular formula is C21H15Br2ClFNO3. The molecule has 29 heavy (non-hydrogen) atoms. The molecule has 0 aliphatic heterocycles. The van der Waals surface area contributed by atoms with Crippen LogP contribution in [0.5, 0.6) is 5.75 Å². The number of carbonyl (C=O) groups is 2. The largest absolute Gasteiger partial charge is 0.422 e. The summed E-state index contributed by atoms with van der Waals surface area (Å²) in [6.07, 6.45) is 3.13. The van der Waals surface area contributed by atoms with Gasteiger partial charge < -0.3 is 10.1 Å². The zero-order chi connectivity index (χ0) is 21.0. The van der Waals surface area contributed by atoms with Crippen molar-refractivity contribution in [1.29, 1.82) is 0 Å². The second-order valence-corrected chi connectivity index (χ2v) is 8.41. The van der Waals surface area contributed by atoms with Crippen molar-refractivity contribution in [3.63, 3.8) is 0 Å². The lowest BCUT2D eigenvalue weighted by molar-refractivity contribution is -0.130. The number of esters is 1. The molecule has 0 bridgehead atoms. The molecular weight excluding hydrogens is 528 g/mol. The lowest BCUT2D eigenvalue weighted by Gasteiger charge is -2.16. The van der Waals surface area contributed by atoms with Gasteiger partial charge in [0.1, 0.15) is 11.6 Å². The highest BCUT2D eigenvalue weighted by atomic mass is 79.9. The third-order valence-corrected chi connectivity index (χ3v) is 5.58. The van der Waals surface area contributed by atoms with Crippen molar-refractivity contribution in [2.24, 2.45) is 0 Å². The molecule has 0 saturated carbocycles. The Balaban J connectivity index is 1.79. The summed E-state index contributed by atoms with van der Waals surface area (Å²) in [4.78, 5) is 24.9. The van der Waals surface area contributed by atoms with Crippen LogP contribution in [0.4, 0.5) is 4.39 Å². The Kier molecular flexibility index (Phi) is 7.27. The van der Waals surface area contributed by atoms with E-state index in [1.807, 2.05) is 0 Å². The number of amides is 1. The first-order valence-electron chi connectivity index (χ1n) is 8.63. The Morgan fingerprint density at radius 3 is 2.59 bits per heavy atom. The van der Waals surface area contributed by atoms with Gasteiger partial charge in [0.25, 0.3) is 5.91 Å². The SMILES string of the molecule is O=C(Oc1c(Br)cc(Br)cc1CNC(=O)c1ccccc1Cl)C1=CC=C(F)CC1. The van der Waals surface area contributed by atoms with E-state index >= 15 is 0 Å². The van der Waals surface area contributed by atoms with Crippen LogP contribution in [-0.2, 0) is 11.3 Å². The molecule has 3 rings (SSSR count). The van der Waals surface area contributed by atoms with E-state index in [0.717, 1.165) is 4.47 Å². The molecule has 4 nitrogen and oxygen atoms in total. The summed E-state index contributed by atoms with van der Waals surface area (Å²) in [6.45, 7) is 0.109. The zero-order valence-electron chi connectivity index (χ0n) is 15.0. The molecule has 1 aliphatic carbocycles. The Hall–Kier alpha value is -1.96. The van der Waals surface area contributed by atoms with E-state index in [1.54, 1.807) is 36.4 Å². The van der Waals surface area contributed by atoms with E-state index in [-0.39, 0.29) is 36.9 Å². The molecule has 0 atom stereocenters. The predicted molar refractivity (Wildman–Crippen MR) is 117 cm³/mol. The maximum atomic E-state index is 13.2. The van der Waals surface area contributed by atoms with Crippen LogP contribution in [0.1, 0.15) is 28.8 Å². The summed E-state index contributed by atoms with van der Waals surface area (Å²) in [5.74, 6) is -0.891. The molecule has 150 valence electrons. The van der Waals surface area contributed by atoms with E-state index in [2.05, 4.69) is 37.2 Å². The Labute approximate surface area is 189 Å². The number of hydrogen-bond donors (Lipinski definition) is 1. The predicted octanol–water partition coefficient (Wildman–Crippen LogP) is 6.27. The first-order valence-corrected chi connectivity index (χ1v) is 10.6. The average molecular weight is 544 g/mol.